The van der Waals surface area contributed by atoms with Crippen LogP contribution in [-0.4, -0.2) is 53.8 Å². The fourth-order valence-electron chi connectivity index (χ4n) is 4.57. The summed E-state index contributed by atoms with van der Waals surface area (Å²) in [5.74, 6) is -0.400. The molecule has 33 heavy (non-hydrogen) atoms. The molecule has 2 saturated heterocycles. The van der Waals surface area contributed by atoms with E-state index in [1.165, 1.54) is 0 Å². The SMILES string of the molecule is C[C@H](NC(=O)[C@@H]1CCCN(C(=O)N2CCCC2)C1)c1cccc(NC(=O)c2ccccc2)c1. The second-order valence-electron chi connectivity index (χ2n) is 8.94. The van der Waals surface area contributed by atoms with Gasteiger partial charge in [0, 0.05) is 37.4 Å². The molecule has 2 heterocycles. The molecule has 7 heteroatoms. The summed E-state index contributed by atoms with van der Waals surface area (Å²) in [5.41, 5.74) is 2.19. The largest absolute Gasteiger partial charge is 0.349 e. The first-order chi connectivity index (χ1) is 16.0. The van der Waals surface area contributed by atoms with Crippen LogP contribution in [0.5, 0.6) is 0 Å². The van der Waals surface area contributed by atoms with Crippen molar-refractivity contribution in [2.24, 2.45) is 5.92 Å². The van der Waals surface area contributed by atoms with E-state index >= 15 is 0 Å². The van der Waals surface area contributed by atoms with Crippen LogP contribution in [0.15, 0.2) is 54.6 Å². The van der Waals surface area contributed by atoms with Gasteiger partial charge in [-0.2, -0.15) is 0 Å². The Bertz CT molecular complexity index is 988. The van der Waals surface area contributed by atoms with Gasteiger partial charge in [0.1, 0.15) is 0 Å². The van der Waals surface area contributed by atoms with Crippen LogP contribution in [0.25, 0.3) is 0 Å². The Morgan fingerprint density at radius 3 is 2.39 bits per heavy atom. The number of carbonyl (C=O) groups excluding carboxylic acids is 3. The highest BCUT2D eigenvalue weighted by Gasteiger charge is 2.32. The first-order valence-corrected chi connectivity index (χ1v) is 11.8. The molecular weight excluding hydrogens is 416 g/mol. The first-order valence-electron chi connectivity index (χ1n) is 11.8. The quantitative estimate of drug-likeness (QED) is 0.724. The van der Waals surface area contributed by atoms with E-state index in [1.807, 2.05) is 59.2 Å². The predicted molar refractivity (Wildman–Crippen MR) is 128 cm³/mol. The number of nitrogens with one attached hydrogen (secondary N) is 2. The van der Waals surface area contributed by atoms with Gasteiger partial charge in [0.15, 0.2) is 0 Å². The molecule has 0 bridgehead atoms. The Hall–Kier alpha value is -3.35. The molecule has 2 aliphatic rings. The Morgan fingerprint density at radius 2 is 1.64 bits per heavy atom. The summed E-state index contributed by atoms with van der Waals surface area (Å²) in [7, 11) is 0. The standard InChI is InChI=1S/C26H32N4O3/c1-19(21-11-7-13-23(17-21)28-24(31)20-9-3-2-4-10-20)27-25(32)22-12-8-16-30(18-22)26(33)29-14-5-6-15-29/h2-4,7,9-11,13,17,19,22H,5-6,8,12,14-16,18H2,1H3,(H,27,32)(H,28,31)/t19-,22+/m0/s1. The Labute approximate surface area is 195 Å². The summed E-state index contributed by atoms with van der Waals surface area (Å²) in [5, 5.41) is 6.02. The molecule has 2 atom stereocenters. The van der Waals surface area contributed by atoms with Crippen molar-refractivity contribution in [1.29, 1.82) is 0 Å². The van der Waals surface area contributed by atoms with Crippen molar-refractivity contribution in [2.45, 2.75) is 38.6 Å². The summed E-state index contributed by atoms with van der Waals surface area (Å²) in [6.45, 7) is 4.77. The fourth-order valence-corrected chi connectivity index (χ4v) is 4.57. The smallest absolute Gasteiger partial charge is 0.320 e. The molecule has 4 rings (SSSR count). The summed E-state index contributed by atoms with van der Waals surface area (Å²) in [6, 6.07) is 16.4. The molecule has 2 aromatic rings. The number of anilines is 1. The fraction of sp³-hybridized carbons (Fsp3) is 0.423. The molecule has 4 amide bonds. The molecule has 2 N–H and O–H groups in total. The Balaban J connectivity index is 1.34. The third-order valence-corrected chi connectivity index (χ3v) is 6.48. The number of hydrogen-bond acceptors (Lipinski definition) is 3. The van der Waals surface area contributed by atoms with Gasteiger partial charge in [0.2, 0.25) is 5.91 Å². The number of piperidine rings is 1. The number of rotatable bonds is 5. The van der Waals surface area contributed by atoms with Gasteiger partial charge in [-0.1, -0.05) is 30.3 Å². The van der Waals surface area contributed by atoms with Crippen LogP contribution in [0, 0.1) is 5.92 Å². The van der Waals surface area contributed by atoms with Crippen LogP contribution in [0.1, 0.15) is 54.6 Å². The van der Waals surface area contributed by atoms with Crippen molar-refractivity contribution in [1.82, 2.24) is 15.1 Å². The molecule has 2 fully saturated rings. The maximum absolute atomic E-state index is 13.0. The minimum absolute atomic E-state index is 0.0276. The minimum Gasteiger partial charge on any atom is -0.349 e. The van der Waals surface area contributed by atoms with Gasteiger partial charge in [-0.3, -0.25) is 9.59 Å². The van der Waals surface area contributed by atoms with Crippen molar-refractivity contribution < 1.29 is 14.4 Å². The summed E-state index contributed by atoms with van der Waals surface area (Å²) >= 11 is 0. The summed E-state index contributed by atoms with van der Waals surface area (Å²) in [4.78, 5) is 41.9. The molecule has 7 nitrogen and oxygen atoms in total. The van der Waals surface area contributed by atoms with Crippen LogP contribution in [0.2, 0.25) is 0 Å². The van der Waals surface area contributed by atoms with Gasteiger partial charge in [-0.15, -0.1) is 0 Å². The average molecular weight is 449 g/mol. The third kappa shape index (κ3) is 5.72. The number of likely N-dealkylation sites (tertiary alicyclic amines) is 2. The number of urea groups is 1. The highest BCUT2D eigenvalue weighted by atomic mass is 16.2. The van der Waals surface area contributed by atoms with E-state index in [-0.39, 0.29) is 29.8 Å². The number of nitrogens with zero attached hydrogens (tertiary/aromatic N) is 2. The highest BCUT2D eigenvalue weighted by molar-refractivity contribution is 6.04. The van der Waals surface area contributed by atoms with Crippen molar-refractivity contribution in [3.63, 3.8) is 0 Å². The molecule has 0 saturated carbocycles. The van der Waals surface area contributed by atoms with Crippen LogP contribution >= 0.6 is 0 Å². The van der Waals surface area contributed by atoms with E-state index < -0.39 is 0 Å². The monoisotopic (exact) mass is 448 g/mol. The van der Waals surface area contributed by atoms with Crippen molar-refractivity contribution in [2.75, 3.05) is 31.5 Å². The first kappa shape index (κ1) is 22.8. The lowest BCUT2D eigenvalue weighted by atomic mass is 9.96. The van der Waals surface area contributed by atoms with Gasteiger partial charge in [-0.25, -0.2) is 4.79 Å². The molecule has 0 spiro atoms. The molecule has 0 aromatic heterocycles. The molecule has 0 radical (unpaired) electrons. The van der Waals surface area contributed by atoms with E-state index in [0.717, 1.165) is 50.9 Å². The molecular formula is C26H32N4O3. The van der Waals surface area contributed by atoms with Gasteiger partial charge < -0.3 is 20.4 Å². The zero-order valence-electron chi connectivity index (χ0n) is 19.1. The normalized spacial score (nSPS) is 19.1. The molecule has 0 unspecified atom stereocenters. The van der Waals surface area contributed by atoms with Gasteiger partial charge >= 0.3 is 6.03 Å². The Kier molecular flexibility index (Phi) is 7.27. The van der Waals surface area contributed by atoms with E-state index in [1.54, 1.807) is 12.1 Å². The summed E-state index contributed by atoms with van der Waals surface area (Å²) in [6.07, 6.45) is 3.75. The molecule has 174 valence electrons. The topological polar surface area (TPSA) is 81.8 Å². The van der Waals surface area contributed by atoms with E-state index in [2.05, 4.69) is 10.6 Å². The van der Waals surface area contributed by atoms with Crippen molar-refractivity contribution in [3.8, 4) is 0 Å². The number of carbonyl (C=O) groups is 3. The zero-order valence-corrected chi connectivity index (χ0v) is 19.1. The van der Waals surface area contributed by atoms with Crippen LogP contribution in [0.4, 0.5) is 10.5 Å². The number of amides is 4. The van der Waals surface area contributed by atoms with Crippen molar-refractivity contribution in [3.05, 3.63) is 65.7 Å². The van der Waals surface area contributed by atoms with E-state index in [4.69, 9.17) is 0 Å². The lowest BCUT2D eigenvalue weighted by molar-refractivity contribution is -0.127. The summed E-state index contributed by atoms with van der Waals surface area (Å²) < 4.78 is 0. The van der Waals surface area contributed by atoms with Crippen LogP contribution in [0.3, 0.4) is 0 Å². The molecule has 0 aliphatic carbocycles. The molecule has 2 aliphatic heterocycles. The van der Waals surface area contributed by atoms with Crippen LogP contribution < -0.4 is 10.6 Å². The second kappa shape index (κ2) is 10.5. The minimum atomic E-state index is -0.212. The number of hydrogen-bond donors (Lipinski definition) is 2. The Morgan fingerprint density at radius 1 is 0.909 bits per heavy atom. The highest BCUT2D eigenvalue weighted by Crippen LogP contribution is 2.23. The second-order valence-corrected chi connectivity index (χ2v) is 8.94. The maximum Gasteiger partial charge on any atom is 0.320 e. The third-order valence-electron chi connectivity index (χ3n) is 6.48. The van der Waals surface area contributed by atoms with Crippen LogP contribution in [-0.2, 0) is 4.79 Å². The average Bonchev–Trinajstić information content (AvgIpc) is 3.39. The predicted octanol–water partition coefficient (Wildman–Crippen LogP) is 4.04. The van der Waals surface area contributed by atoms with E-state index in [0.29, 0.717) is 17.8 Å². The van der Waals surface area contributed by atoms with Crippen molar-refractivity contribution >= 4 is 23.5 Å². The van der Waals surface area contributed by atoms with Gasteiger partial charge in [-0.05, 0) is 62.4 Å². The zero-order chi connectivity index (χ0) is 23.2. The van der Waals surface area contributed by atoms with Gasteiger partial charge in [0.25, 0.3) is 5.91 Å². The van der Waals surface area contributed by atoms with Gasteiger partial charge in [0.05, 0.1) is 12.0 Å². The van der Waals surface area contributed by atoms with E-state index in [9.17, 15) is 14.4 Å². The lowest BCUT2D eigenvalue weighted by Crippen LogP contribution is -2.49. The maximum atomic E-state index is 13.0. The molecule has 2 aromatic carbocycles. The number of benzene rings is 2. The lowest BCUT2D eigenvalue weighted by Gasteiger charge is -2.35.